The van der Waals surface area contributed by atoms with Crippen LogP contribution in [0.4, 0.5) is 0 Å². The van der Waals surface area contributed by atoms with E-state index in [4.69, 9.17) is 4.74 Å². The third-order valence-electron chi connectivity index (χ3n) is 4.36. The van der Waals surface area contributed by atoms with Gasteiger partial charge in [-0.25, -0.2) is 0 Å². The van der Waals surface area contributed by atoms with Crippen LogP contribution in [-0.2, 0) is 10.2 Å². The van der Waals surface area contributed by atoms with Gasteiger partial charge in [0, 0.05) is 12.6 Å². The number of carbonyl (C=O) groups is 1. The minimum atomic E-state index is -0.548. The van der Waals surface area contributed by atoms with E-state index >= 15 is 0 Å². The number of ether oxygens (including phenoxy) is 1. The number of piperidine rings is 1. The second-order valence-corrected chi connectivity index (χ2v) is 7.37. The molecule has 1 amide bonds. The quantitative estimate of drug-likeness (QED) is 0.824. The van der Waals surface area contributed by atoms with E-state index in [1.807, 2.05) is 38.1 Å². The normalized spacial score (nSPS) is 18.0. The molecule has 1 aliphatic heterocycles. The summed E-state index contributed by atoms with van der Waals surface area (Å²) in [6, 6.07) is 8.14. The number of hydrogen-bond donors (Lipinski definition) is 2. The van der Waals surface area contributed by atoms with Gasteiger partial charge in [0.1, 0.15) is 5.75 Å². The molecule has 5 heteroatoms. The minimum absolute atomic E-state index is 0. The van der Waals surface area contributed by atoms with Crippen molar-refractivity contribution >= 4 is 18.3 Å². The van der Waals surface area contributed by atoms with Crippen molar-refractivity contribution in [1.29, 1.82) is 0 Å². The van der Waals surface area contributed by atoms with E-state index in [1.54, 1.807) is 0 Å². The smallest absolute Gasteiger partial charge is 0.230 e. The van der Waals surface area contributed by atoms with E-state index in [1.165, 1.54) is 0 Å². The van der Waals surface area contributed by atoms with E-state index in [0.29, 0.717) is 12.5 Å². The second-order valence-electron chi connectivity index (χ2n) is 7.37. The minimum Gasteiger partial charge on any atom is -0.493 e. The van der Waals surface area contributed by atoms with Crippen LogP contribution in [0.25, 0.3) is 0 Å². The molecule has 0 spiro atoms. The van der Waals surface area contributed by atoms with Gasteiger partial charge in [0.15, 0.2) is 0 Å². The molecule has 0 aliphatic carbocycles. The van der Waals surface area contributed by atoms with Crippen LogP contribution in [0.3, 0.4) is 0 Å². The fraction of sp³-hybridized carbons (Fsp3) is 0.632. The second kappa shape index (κ2) is 9.28. The molecule has 4 nitrogen and oxygen atoms in total. The number of nitrogens with one attached hydrogen (secondary N) is 2. The highest BCUT2D eigenvalue weighted by atomic mass is 35.5. The lowest BCUT2D eigenvalue weighted by molar-refractivity contribution is -0.126. The van der Waals surface area contributed by atoms with Crippen LogP contribution in [0, 0.1) is 5.92 Å². The molecule has 1 aliphatic rings. The van der Waals surface area contributed by atoms with Crippen molar-refractivity contribution in [3.8, 4) is 5.75 Å². The first kappa shape index (κ1) is 20.8. The van der Waals surface area contributed by atoms with Crippen LogP contribution < -0.4 is 15.4 Å². The summed E-state index contributed by atoms with van der Waals surface area (Å²) in [5.74, 6) is 1.44. The summed E-state index contributed by atoms with van der Waals surface area (Å²) in [4.78, 5) is 12.7. The summed E-state index contributed by atoms with van der Waals surface area (Å²) in [7, 11) is 0. The fourth-order valence-electron chi connectivity index (χ4n) is 2.70. The summed E-state index contributed by atoms with van der Waals surface area (Å²) < 4.78 is 5.71. The molecule has 1 atom stereocenters. The molecule has 1 aromatic rings. The summed E-state index contributed by atoms with van der Waals surface area (Å²) >= 11 is 0. The molecule has 136 valence electrons. The predicted octanol–water partition coefficient (Wildman–Crippen LogP) is 3.29. The molecule has 2 rings (SSSR count). The monoisotopic (exact) mass is 354 g/mol. The molecule has 1 saturated heterocycles. The zero-order valence-corrected chi connectivity index (χ0v) is 16.0. The van der Waals surface area contributed by atoms with Gasteiger partial charge in [0.05, 0.1) is 12.0 Å². The van der Waals surface area contributed by atoms with Crippen LogP contribution in [0.15, 0.2) is 24.3 Å². The Balaban J connectivity index is 0.00000288. The van der Waals surface area contributed by atoms with E-state index in [2.05, 4.69) is 24.5 Å². The Morgan fingerprint density at radius 1 is 1.33 bits per heavy atom. The average Bonchev–Trinajstić information content (AvgIpc) is 2.54. The number of rotatable bonds is 6. The molecule has 0 unspecified atom stereocenters. The summed E-state index contributed by atoms with van der Waals surface area (Å²) in [5.41, 5.74) is 0.462. The summed E-state index contributed by atoms with van der Waals surface area (Å²) in [6.45, 7) is 10.8. The Hall–Kier alpha value is -1.26. The molecule has 1 fully saturated rings. The van der Waals surface area contributed by atoms with Gasteiger partial charge in [-0.05, 0) is 56.8 Å². The number of hydrogen-bond acceptors (Lipinski definition) is 3. The maximum Gasteiger partial charge on any atom is 0.230 e. The lowest BCUT2D eigenvalue weighted by atomic mass is 9.83. The molecular weight excluding hydrogens is 324 g/mol. The van der Waals surface area contributed by atoms with Crippen LogP contribution in [0.5, 0.6) is 5.75 Å². The predicted molar refractivity (Wildman–Crippen MR) is 101 cm³/mol. The van der Waals surface area contributed by atoms with Crippen LogP contribution in [0.1, 0.15) is 46.1 Å². The molecule has 1 heterocycles. The van der Waals surface area contributed by atoms with Crippen molar-refractivity contribution in [2.24, 2.45) is 5.92 Å². The number of benzene rings is 1. The van der Waals surface area contributed by atoms with Crippen LogP contribution >= 0.6 is 12.4 Å². The van der Waals surface area contributed by atoms with Gasteiger partial charge in [0.2, 0.25) is 5.91 Å². The summed E-state index contributed by atoms with van der Waals surface area (Å²) in [6.07, 6.45) is 2.17. The fourth-order valence-corrected chi connectivity index (χ4v) is 2.70. The molecular formula is C19H31ClN2O2. The topological polar surface area (TPSA) is 50.4 Å². The maximum absolute atomic E-state index is 12.7. The van der Waals surface area contributed by atoms with Crippen molar-refractivity contribution in [2.45, 2.75) is 52.0 Å². The third-order valence-corrected chi connectivity index (χ3v) is 4.36. The zero-order valence-electron chi connectivity index (χ0n) is 15.2. The van der Waals surface area contributed by atoms with Gasteiger partial charge in [-0.3, -0.25) is 4.79 Å². The molecule has 0 aromatic heterocycles. The van der Waals surface area contributed by atoms with E-state index < -0.39 is 5.41 Å². The lowest BCUT2D eigenvalue weighted by Crippen LogP contribution is -2.50. The first-order valence-electron chi connectivity index (χ1n) is 8.64. The Bertz CT molecular complexity index is 509. The van der Waals surface area contributed by atoms with E-state index in [0.717, 1.165) is 37.2 Å². The number of halogens is 1. The third kappa shape index (κ3) is 5.67. The van der Waals surface area contributed by atoms with Crippen LogP contribution in [0.2, 0.25) is 0 Å². The molecule has 2 N–H and O–H groups in total. The SMILES string of the molecule is CC(C)COc1ccc(C(C)(C)C(=O)N[C@H]2CCCNC2)cc1.Cl. The van der Waals surface area contributed by atoms with E-state index in [-0.39, 0.29) is 24.4 Å². The summed E-state index contributed by atoms with van der Waals surface area (Å²) in [5, 5.41) is 6.51. The Morgan fingerprint density at radius 3 is 2.54 bits per heavy atom. The largest absolute Gasteiger partial charge is 0.493 e. The Morgan fingerprint density at radius 2 is 2.00 bits per heavy atom. The maximum atomic E-state index is 12.7. The standard InChI is InChI=1S/C19H30N2O2.ClH/c1-14(2)13-23-17-9-7-15(8-10-17)19(3,4)18(22)21-16-6-5-11-20-12-16;/h7-10,14,16,20H,5-6,11-13H2,1-4H3,(H,21,22);1H/t16-;/m0./s1. The van der Waals surface area contributed by atoms with Crippen molar-refractivity contribution in [2.75, 3.05) is 19.7 Å². The highest BCUT2D eigenvalue weighted by Crippen LogP contribution is 2.26. The molecule has 24 heavy (non-hydrogen) atoms. The van der Waals surface area contributed by atoms with Crippen molar-refractivity contribution in [1.82, 2.24) is 10.6 Å². The van der Waals surface area contributed by atoms with E-state index in [9.17, 15) is 4.79 Å². The van der Waals surface area contributed by atoms with Gasteiger partial charge < -0.3 is 15.4 Å². The van der Waals surface area contributed by atoms with Gasteiger partial charge in [-0.2, -0.15) is 0 Å². The molecule has 1 aromatic carbocycles. The molecule has 0 saturated carbocycles. The number of carbonyl (C=O) groups excluding carboxylic acids is 1. The van der Waals surface area contributed by atoms with Crippen molar-refractivity contribution in [3.05, 3.63) is 29.8 Å². The molecule has 0 radical (unpaired) electrons. The van der Waals surface area contributed by atoms with Gasteiger partial charge in [-0.1, -0.05) is 26.0 Å². The highest BCUT2D eigenvalue weighted by Gasteiger charge is 2.31. The molecule has 0 bridgehead atoms. The van der Waals surface area contributed by atoms with Gasteiger partial charge in [0.25, 0.3) is 0 Å². The lowest BCUT2D eigenvalue weighted by Gasteiger charge is -2.30. The Labute approximate surface area is 152 Å². The first-order valence-corrected chi connectivity index (χ1v) is 8.64. The van der Waals surface area contributed by atoms with Crippen molar-refractivity contribution in [3.63, 3.8) is 0 Å². The van der Waals surface area contributed by atoms with Crippen LogP contribution in [-0.4, -0.2) is 31.6 Å². The number of amides is 1. The highest BCUT2D eigenvalue weighted by molar-refractivity contribution is 5.87. The van der Waals surface area contributed by atoms with Gasteiger partial charge >= 0.3 is 0 Å². The zero-order chi connectivity index (χ0) is 16.9. The van der Waals surface area contributed by atoms with Gasteiger partial charge in [-0.15, -0.1) is 12.4 Å². The first-order chi connectivity index (χ1) is 10.9. The Kier molecular flexibility index (Phi) is 8.04. The van der Waals surface area contributed by atoms with Crippen molar-refractivity contribution < 1.29 is 9.53 Å². The average molecular weight is 355 g/mol.